The summed E-state index contributed by atoms with van der Waals surface area (Å²) >= 11 is 0. The molecule has 0 radical (unpaired) electrons. The van der Waals surface area contributed by atoms with E-state index >= 15 is 0 Å². The first-order valence-electron chi connectivity index (χ1n) is 9.08. The third-order valence-electron chi connectivity index (χ3n) is 4.98. The molecule has 0 saturated heterocycles. The van der Waals surface area contributed by atoms with Gasteiger partial charge in [0, 0.05) is 27.9 Å². The highest BCUT2D eigenvalue weighted by molar-refractivity contribution is 5.75. The molecule has 4 rings (SSSR count). The minimum absolute atomic E-state index is 0.187. The van der Waals surface area contributed by atoms with Crippen LogP contribution in [0.2, 0.25) is 0 Å². The van der Waals surface area contributed by atoms with E-state index in [1.54, 1.807) is 7.11 Å². The van der Waals surface area contributed by atoms with E-state index in [2.05, 4.69) is 10.5 Å². The van der Waals surface area contributed by atoms with E-state index in [0.717, 1.165) is 33.7 Å². The van der Waals surface area contributed by atoms with Gasteiger partial charge in [-0.2, -0.15) is 0 Å². The maximum atomic E-state index is 11.6. The molecule has 0 amide bonds. The quantitative estimate of drug-likeness (QED) is 0.353. The number of rotatable bonds is 6. The zero-order valence-electron chi connectivity index (χ0n) is 15.5. The second-order valence-corrected chi connectivity index (χ2v) is 6.65. The van der Waals surface area contributed by atoms with Crippen LogP contribution in [0.1, 0.15) is 17.2 Å². The van der Waals surface area contributed by atoms with Crippen LogP contribution in [0.4, 0.5) is 0 Å². The summed E-state index contributed by atoms with van der Waals surface area (Å²) in [6.07, 6.45) is 1.97. The second kappa shape index (κ2) is 7.56. The predicted molar refractivity (Wildman–Crippen MR) is 110 cm³/mol. The number of fused-ring (bicyclic) bond motifs is 1. The van der Waals surface area contributed by atoms with Crippen molar-refractivity contribution in [3.8, 4) is 16.9 Å². The van der Waals surface area contributed by atoms with Crippen molar-refractivity contribution in [2.24, 2.45) is 0 Å². The van der Waals surface area contributed by atoms with Crippen molar-refractivity contribution in [3.63, 3.8) is 0 Å². The number of hydrogen-bond acceptors (Lipinski definition) is 3. The fraction of sp³-hybridized carbons (Fsp3) is 0.130. The number of benzene rings is 2. The molecule has 5 heteroatoms. The van der Waals surface area contributed by atoms with E-state index in [0.29, 0.717) is 0 Å². The van der Waals surface area contributed by atoms with E-state index in [9.17, 15) is 10.1 Å². The van der Waals surface area contributed by atoms with Gasteiger partial charge in [0.15, 0.2) is 0 Å². The maximum absolute atomic E-state index is 11.6. The van der Waals surface area contributed by atoms with Crippen LogP contribution < -0.4 is 4.74 Å². The van der Waals surface area contributed by atoms with Gasteiger partial charge in [0.2, 0.25) is 6.54 Å². The smallest absolute Gasteiger partial charge is 0.216 e. The molecule has 0 aliphatic carbocycles. The fourth-order valence-electron chi connectivity index (χ4n) is 3.68. The Morgan fingerprint density at radius 1 is 1.00 bits per heavy atom. The van der Waals surface area contributed by atoms with Gasteiger partial charge in [-0.05, 0) is 41.5 Å². The van der Waals surface area contributed by atoms with Crippen molar-refractivity contribution in [3.05, 3.63) is 106 Å². The predicted octanol–water partition coefficient (Wildman–Crippen LogP) is 5.02. The van der Waals surface area contributed by atoms with Gasteiger partial charge in [-0.1, -0.05) is 48.5 Å². The number of pyridine rings is 1. The van der Waals surface area contributed by atoms with Crippen LogP contribution in [0.3, 0.4) is 0 Å². The molecule has 1 atom stereocenters. The highest BCUT2D eigenvalue weighted by Gasteiger charge is 2.27. The number of methoxy groups -OCH3 is 1. The van der Waals surface area contributed by atoms with Crippen LogP contribution in [0.5, 0.6) is 5.75 Å². The molecule has 0 aliphatic heterocycles. The molecule has 0 fully saturated rings. The van der Waals surface area contributed by atoms with Gasteiger partial charge in [-0.15, -0.1) is 0 Å². The van der Waals surface area contributed by atoms with E-state index in [4.69, 9.17) is 4.74 Å². The van der Waals surface area contributed by atoms with E-state index < -0.39 is 0 Å². The third-order valence-corrected chi connectivity index (χ3v) is 4.98. The molecule has 140 valence electrons. The molecule has 0 unspecified atom stereocenters. The van der Waals surface area contributed by atoms with Crippen LogP contribution >= 0.6 is 0 Å². The zero-order chi connectivity index (χ0) is 19.5. The minimum atomic E-state index is -0.388. The molecule has 2 heterocycles. The van der Waals surface area contributed by atoms with Crippen LogP contribution in [0.15, 0.2) is 85.1 Å². The Morgan fingerprint density at radius 3 is 2.39 bits per heavy atom. The molecule has 0 spiro atoms. The highest BCUT2D eigenvalue weighted by atomic mass is 16.6. The van der Waals surface area contributed by atoms with Gasteiger partial charge < -0.3 is 9.14 Å². The summed E-state index contributed by atoms with van der Waals surface area (Å²) < 4.78 is 7.30. The van der Waals surface area contributed by atoms with Crippen molar-refractivity contribution < 1.29 is 9.66 Å². The Hall–Kier alpha value is -3.60. The van der Waals surface area contributed by atoms with E-state index in [1.165, 1.54) is 0 Å². The SMILES string of the molecule is COc1ccc([C@@H](C[N+](=O)[O-])c2c(-c3ccccc3)cc3ccccn23)cc1. The molecule has 0 bridgehead atoms. The topological polar surface area (TPSA) is 56.8 Å². The lowest BCUT2D eigenvalue weighted by atomic mass is 9.91. The molecule has 2 aromatic heterocycles. The third kappa shape index (κ3) is 3.34. The average molecular weight is 372 g/mol. The second-order valence-electron chi connectivity index (χ2n) is 6.65. The number of nitrogens with zero attached hydrogens (tertiary/aromatic N) is 2. The average Bonchev–Trinajstić information content (AvgIpc) is 3.12. The normalized spacial score (nSPS) is 12.0. The zero-order valence-corrected chi connectivity index (χ0v) is 15.5. The molecule has 28 heavy (non-hydrogen) atoms. The van der Waals surface area contributed by atoms with Gasteiger partial charge in [0.1, 0.15) is 5.75 Å². The number of nitro groups is 1. The fourth-order valence-corrected chi connectivity index (χ4v) is 3.68. The molecule has 2 aromatic carbocycles. The Balaban J connectivity index is 1.95. The van der Waals surface area contributed by atoms with Crippen molar-refractivity contribution in [1.82, 2.24) is 4.40 Å². The van der Waals surface area contributed by atoms with E-state index in [-0.39, 0.29) is 17.4 Å². The van der Waals surface area contributed by atoms with Crippen LogP contribution in [0, 0.1) is 10.1 Å². The highest BCUT2D eigenvalue weighted by Crippen LogP contribution is 2.36. The Labute approximate surface area is 163 Å². The van der Waals surface area contributed by atoms with Gasteiger partial charge in [-0.3, -0.25) is 10.1 Å². The molecular weight excluding hydrogens is 352 g/mol. The molecule has 5 nitrogen and oxygen atoms in total. The molecule has 0 aliphatic rings. The largest absolute Gasteiger partial charge is 0.497 e. The van der Waals surface area contributed by atoms with Crippen LogP contribution in [-0.4, -0.2) is 23.0 Å². The molecule has 0 N–H and O–H groups in total. The molecule has 4 aromatic rings. The first-order chi connectivity index (χ1) is 13.7. The lowest BCUT2D eigenvalue weighted by Gasteiger charge is -2.17. The summed E-state index contributed by atoms with van der Waals surface area (Å²) in [5.41, 5.74) is 4.87. The number of aromatic nitrogens is 1. The number of ether oxygens (including phenoxy) is 1. The maximum Gasteiger partial charge on any atom is 0.216 e. The summed E-state index contributed by atoms with van der Waals surface area (Å²) in [6, 6.07) is 25.6. The van der Waals surface area contributed by atoms with Gasteiger partial charge in [0.05, 0.1) is 13.0 Å². The summed E-state index contributed by atoms with van der Waals surface area (Å²) in [6.45, 7) is -0.187. The first kappa shape index (κ1) is 17.8. The Kier molecular flexibility index (Phi) is 4.81. The van der Waals surface area contributed by atoms with E-state index in [1.807, 2.05) is 79.0 Å². The summed E-state index contributed by atoms with van der Waals surface area (Å²) in [5, 5.41) is 11.6. The van der Waals surface area contributed by atoms with Crippen LogP contribution in [0.25, 0.3) is 16.6 Å². The Bertz CT molecular complexity index is 1100. The van der Waals surface area contributed by atoms with Crippen molar-refractivity contribution >= 4 is 5.52 Å². The summed E-state index contributed by atoms with van der Waals surface area (Å²) in [4.78, 5) is 11.3. The van der Waals surface area contributed by atoms with Gasteiger partial charge in [-0.25, -0.2) is 0 Å². The first-order valence-corrected chi connectivity index (χ1v) is 9.08. The summed E-state index contributed by atoms with van der Waals surface area (Å²) in [7, 11) is 1.61. The monoisotopic (exact) mass is 372 g/mol. The molecular formula is C23H20N2O3. The van der Waals surface area contributed by atoms with Crippen molar-refractivity contribution in [2.45, 2.75) is 5.92 Å². The lowest BCUT2D eigenvalue weighted by molar-refractivity contribution is -0.481. The molecule has 0 saturated carbocycles. The standard InChI is InChI=1S/C23H20N2O3/c1-28-20-12-10-18(11-13-20)22(16-25(26)27)23-21(17-7-3-2-4-8-17)15-19-9-5-6-14-24(19)23/h2-15,22H,16H2,1H3/t22-/m1/s1. The van der Waals surface area contributed by atoms with Crippen molar-refractivity contribution in [1.29, 1.82) is 0 Å². The van der Waals surface area contributed by atoms with Gasteiger partial charge in [0.25, 0.3) is 0 Å². The lowest BCUT2D eigenvalue weighted by Crippen LogP contribution is -2.16. The Morgan fingerprint density at radius 2 is 1.71 bits per heavy atom. The van der Waals surface area contributed by atoms with Crippen LogP contribution in [-0.2, 0) is 0 Å². The minimum Gasteiger partial charge on any atom is -0.497 e. The summed E-state index contributed by atoms with van der Waals surface area (Å²) in [5.74, 6) is 0.341. The number of hydrogen-bond donors (Lipinski definition) is 0. The van der Waals surface area contributed by atoms with Gasteiger partial charge >= 0.3 is 0 Å². The van der Waals surface area contributed by atoms with Crippen molar-refractivity contribution in [2.75, 3.05) is 13.7 Å².